The molecule has 2 fully saturated rings. The van der Waals surface area contributed by atoms with E-state index in [-0.39, 0.29) is 17.9 Å². The highest BCUT2D eigenvalue weighted by molar-refractivity contribution is 5.81. The van der Waals surface area contributed by atoms with Gasteiger partial charge < -0.3 is 10.2 Å². The predicted molar refractivity (Wildman–Crippen MR) is 102 cm³/mol. The molecule has 0 aliphatic heterocycles. The standard InChI is InChI=1S/C21H26N4O/c1-25(2)19-13-17(22-20(24-19)15-8-9-15)12-18(14-6-4-3-5-7-14)23-21(26)16-10-11-16/h3-7,13,15-16,18H,8-12H2,1-2H3,(H,23,26). The van der Waals surface area contributed by atoms with Gasteiger partial charge in [0.1, 0.15) is 11.6 Å². The molecule has 136 valence electrons. The summed E-state index contributed by atoms with van der Waals surface area (Å²) < 4.78 is 0. The number of nitrogens with one attached hydrogen (secondary N) is 1. The van der Waals surface area contributed by atoms with E-state index in [0.29, 0.717) is 12.3 Å². The first-order valence-electron chi connectivity index (χ1n) is 9.50. The molecule has 5 heteroatoms. The van der Waals surface area contributed by atoms with E-state index in [1.54, 1.807) is 0 Å². The van der Waals surface area contributed by atoms with E-state index in [1.807, 2.05) is 43.3 Å². The van der Waals surface area contributed by atoms with Gasteiger partial charge in [0, 0.05) is 44.1 Å². The van der Waals surface area contributed by atoms with Crippen LogP contribution in [0.4, 0.5) is 5.82 Å². The third kappa shape index (κ3) is 4.03. The average molecular weight is 350 g/mol. The molecule has 1 aromatic heterocycles. The molecule has 2 aliphatic rings. The minimum absolute atomic E-state index is 0.0544. The van der Waals surface area contributed by atoms with Crippen LogP contribution in [0.5, 0.6) is 0 Å². The van der Waals surface area contributed by atoms with Crippen LogP contribution in [0.15, 0.2) is 36.4 Å². The Labute approximate surface area is 154 Å². The quantitative estimate of drug-likeness (QED) is 0.833. The summed E-state index contributed by atoms with van der Waals surface area (Å²) in [5.74, 6) is 2.77. The molecular weight excluding hydrogens is 324 g/mol. The highest BCUT2D eigenvalue weighted by Crippen LogP contribution is 2.39. The summed E-state index contributed by atoms with van der Waals surface area (Å²) in [6.45, 7) is 0. The van der Waals surface area contributed by atoms with Crippen molar-refractivity contribution >= 4 is 11.7 Å². The molecule has 4 rings (SSSR count). The normalized spacial score (nSPS) is 17.6. The van der Waals surface area contributed by atoms with Crippen molar-refractivity contribution < 1.29 is 4.79 Å². The second kappa shape index (κ2) is 7.06. The van der Waals surface area contributed by atoms with Crippen molar-refractivity contribution in [3.05, 3.63) is 53.5 Å². The molecule has 1 atom stereocenters. The first-order valence-corrected chi connectivity index (χ1v) is 9.50. The number of rotatable bonds is 7. The summed E-state index contributed by atoms with van der Waals surface area (Å²) >= 11 is 0. The Balaban J connectivity index is 1.61. The maximum Gasteiger partial charge on any atom is 0.223 e. The molecule has 1 aromatic carbocycles. The van der Waals surface area contributed by atoms with Crippen molar-refractivity contribution in [2.45, 2.75) is 44.1 Å². The highest BCUT2D eigenvalue weighted by atomic mass is 16.2. The predicted octanol–water partition coefficient (Wildman–Crippen LogP) is 3.23. The molecule has 1 unspecified atom stereocenters. The average Bonchev–Trinajstić information content (AvgIpc) is 3.53. The molecule has 26 heavy (non-hydrogen) atoms. The minimum Gasteiger partial charge on any atom is -0.363 e. The fourth-order valence-electron chi connectivity index (χ4n) is 3.14. The fraction of sp³-hybridized carbons (Fsp3) is 0.476. The largest absolute Gasteiger partial charge is 0.363 e. The summed E-state index contributed by atoms with van der Waals surface area (Å²) in [4.78, 5) is 23.9. The zero-order valence-electron chi connectivity index (χ0n) is 15.5. The Morgan fingerprint density at radius 1 is 1.15 bits per heavy atom. The summed E-state index contributed by atoms with van der Waals surface area (Å²) in [5.41, 5.74) is 2.12. The lowest BCUT2D eigenvalue weighted by Gasteiger charge is -2.20. The van der Waals surface area contributed by atoms with Gasteiger partial charge in [0.2, 0.25) is 5.91 Å². The summed E-state index contributed by atoms with van der Waals surface area (Å²) in [6.07, 6.45) is 5.06. The Morgan fingerprint density at radius 3 is 2.50 bits per heavy atom. The van der Waals surface area contributed by atoms with Gasteiger partial charge in [-0.25, -0.2) is 9.97 Å². The topological polar surface area (TPSA) is 58.1 Å². The maximum absolute atomic E-state index is 12.4. The van der Waals surface area contributed by atoms with Gasteiger partial charge >= 0.3 is 0 Å². The Hall–Kier alpha value is -2.43. The lowest BCUT2D eigenvalue weighted by atomic mass is 10.0. The number of hydrogen-bond acceptors (Lipinski definition) is 4. The Kier molecular flexibility index (Phi) is 4.62. The Bertz CT molecular complexity index is 762. The molecule has 0 saturated heterocycles. The zero-order chi connectivity index (χ0) is 18.1. The van der Waals surface area contributed by atoms with Crippen LogP contribution in [0.3, 0.4) is 0 Å². The Morgan fingerprint density at radius 2 is 1.88 bits per heavy atom. The van der Waals surface area contributed by atoms with Gasteiger partial charge in [0.25, 0.3) is 0 Å². The zero-order valence-corrected chi connectivity index (χ0v) is 15.5. The van der Waals surface area contributed by atoms with Crippen LogP contribution in [0.2, 0.25) is 0 Å². The molecule has 2 saturated carbocycles. The minimum atomic E-state index is -0.0544. The molecule has 2 aliphatic carbocycles. The van der Waals surface area contributed by atoms with Gasteiger partial charge in [-0.05, 0) is 31.2 Å². The lowest BCUT2D eigenvalue weighted by Crippen LogP contribution is -2.31. The van der Waals surface area contributed by atoms with Crippen molar-refractivity contribution in [1.82, 2.24) is 15.3 Å². The fourth-order valence-corrected chi connectivity index (χ4v) is 3.14. The van der Waals surface area contributed by atoms with Gasteiger partial charge in [0.15, 0.2) is 0 Å². The molecule has 2 aromatic rings. The number of benzene rings is 1. The molecule has 5 nitrogen and oxygen atoms in total. The number of anilines is 1. The van der Waals surface area contributed by atoms with Crippen molar-refractivity contribution in [2.24, 2.45) is 5.92 Å². The van der Waals surface area contributed by atoms with Crippen LogP contribution in [0.25, 0.3) is 0 Å². The lowest BCUT2D eigenvalue weighted by molar-refractivity contribution is -0.123. The monoisotopic (exact) mass is 350 g/mol. The van der Waals surface area contributed by atoms with Crippen LogP contribution in [0.1, 0.15) is 54.7 Å². The van der Waals surface area contributed by atoms with E-state index in [1.165, 1.54) is 12.8 Å². The molecule has 1 N–H and O–H groups in total. The van der Waals surface area contributed by atoms with E-state index in [4.69, 9.17) is 9.97 Å². The summed E-state index contributed by atoms with van der Waals surface area (Å²) in [6, 6.07) is 12.2. The van der Waals surface area contributed by atoms with Crippen LogP contribution in [0, 0.1) is 5.92 Å². The van der Waals surface area contributed by atoms with Gasteiger partial charge in [-0.2, -0.15) is 0 Å². The van der Waals surface area contributed by atoms with Crippen molar-refractivity contribution in [2.75, 3.05) is 19.0 Å². The van der Waals surface area contributed by atoms with E-state index in [0.717, 1.165) is 35.7 Å². The van der Waals surface area contributed by atoms with Gasteiger partial charge in [-0.3, -0.25) is 4.79 Å². The van der Waals surface area contributed by atoms with Crippen molar-refractivity contribution in [3.63, 3.8) is 0 Å². The molecule has 0 bridgehead atoms. The van der Waals surface area contributed by atoms with E-state index in [9.17, 15) is 4.79 Å². The second-order valence-electron chi connectivity index (χ2n) is 7.69. The number of carbonyl (C=O) groups is 1. The van der Waals surface area contributed by atoms with Crippen LogP contribution in [-0.2, 0) is 11.2 Å². The van der Waals surface area contributed by atoms with Gasteiger partial charge in [0.05, 0.1) is 6.04 Å². The second-order valence-corrected chi connectivity index (χ2v) is 7.69. The van der Waals surface area contributed by atoms with Crippen LogP contribution in [-0.4, -0.2) is 30.0 Å². The third-order valence-electron chi connectivity index (χ3n) is 5.06. The third-order valence-corrected chi connectivity index (χ3v) is 5.06. The number of amides is 1. The summed E-state index contributed by atoms with van der Waals surface area (Å²) in [7, 11) is 4.01. The maximum atomic E-state index is 12.4. The van der Waals surface area contributed by atoms with E-state index >= 15 is 0 Å². The summed E-state index contributed by atoms with van der Waals surface area (Å²) in [5, 5.41) is 3.24. The van der Waals surface area contributed by atoms with Gasteiger partial charge in [-0.1, -0.05) is 30.3 Å². The van der Waals surface area contributed by atoms with E-state index < -0.39 is 0 Å². The van der Waals surface area contributed by atoms with Crippen LogP contribution >= 0.6 is 0 Å². The van der Waals surface area contributed by atoms with Crippen molar-refractivity contribution in [3.8, 4) is 0 Å². The molecule has 0 radical (unpaired) electrons. The number of carbonyl (C=O) groups excluding carboxylic acids is 1. The van der Waals surface area contributed by atoms with E-state index in [2.05, 4.69) is 17.4 Å². The molecule has 1 heterocycles. The van der Waals surface area contributed by atoms with Crippen LogP contribution < -0.4 is 10.2 Å². The first-order chi connectivity index (χ1) is 12.6. The smallest absolute Gasteiger partial charge is 0.223 e. The van der Waals surface area contributed by atoms with Gasteiger partial charge in [-0.15, -0.1) is 0 Å². The number of aromatic nitrogens is 2. The molecular formula is C21H26N4O. The highest BCUT2D eigenvalue weighted by Gasteiger charge is 2.32. The molecule has 1 amide bonds. The first kappa shape index (κ1) is 17.0. The SMILES string of the molecule is CN(C)c1cc(CC(NC(=O)C2CC2)c2ccccc2)nc(C2CC2)n1. The molecule has 0 spiro atoms. The number of hydrogen-bond donors (Lipinski definition) is 1. The number of nitrogens with zero attached hydrogens (tertiary/aromatic N) is 3. The van der Waals surface area contributed by atoms with Crippen molar-refractivity contribution in [1.29, 1.82) is 0 Å².